The molecule has 0 atom stereocenters. The van der Waals surface area contributed by atoms with Gasteiger partial charge in [0, 0.05) is 18.6 Å². The molecule has 1 aliphatic rings. The molecule has 1 fully saturated rings. The summed E-state index contributed by atoms with van der Waals surface area (Å²) in [4.78, 5) is 13.0. The van der Waals surface area contributed by atoms with Crippen LogP contribution in [-0.2, 0) is 4.79 Å². The predicted molar refractivity (Wildman–Crippen MR) is 70.2 cm³/mol. The summed E-state index contributed by atoms with van der Waals surface area (Å²) in [6.07, 6.45) is 6.97. The number of aliphatic carboxylic acids is 1. The van der Waals surface area contributed by atoms with E-state index in [9.17, 15) is 4.79 Å². The number of carboxylic acid groups (broad SMARTS) is 1. The van der Waals surface area contributed by atoms with Gasteiger partial charge in [-0.3, -0.25) is 9.69 Å². The van der Waals surface area contributed by atoms with Gasteiger partial charge in [0.1, 0.15) is 0 Å². The van der Waals surface area contributed by atoms with Gasteiger partial charge in [-0.2, -0.15) is 0 Å². The van der Waals surface area contributed by atoms with Gasteiger partial charge in [0.15, 0.2) is 0 Å². The highest BCUT2D eigenvalue weighted by molar-refractivity contribution is 5.66. The maximum absolute atomic E-state index is 10.7. The molecule has 0 unspecified atom stereocenters. The Bertz CT molecular complexity index is 239. The first-order chi connectivity index (χ1) is 7.89. The normalized spacial score (nSPS) is 18.6. The van der Waals surface area contributed by atoms with E-state index in [1.165, 1.54) is 32.1 Å². The summed E-state index contributed by atoms with van der Waals surface area (Å²) in [6, 6.07) is 0. The Hall–Kier alpha value is -0.570. The zero-order chi connectivity index (χ0) is 12.9. The molecule has 0 amide bonds. The average molecular weight is 241 g/mol. The minimum absolute atomic E-state index is 0.0763. The van der Waals surface area contributed by atoms with Gasteiger partial charge >= 0.3 is 5.97 Å². The summed E-state index contributed by atoms with van der Waals surface area (Å²) in [6.45, 7) is 8.28. The second-order valence-electron chi connectivity index (χ2n) is 6.26. The predicted octanol–water partition coefficient (Wildman–Crippen LogP) is 3.14. The molecule has 0 radical (unpaired) electrons. The molecule has 0 aliphatic heterocycles. The quantitative estimate of drug-likeness (QED) is 0.804. The van der Waals surface area contributed by atoms with Crippen molar-refractivity contribution in [2.24, 2.45) is 5.92 Å². The molecule has 0 heterocycles. The number of rotatable bonds is 5. The lowest BCUT2D eigenvalue weighted by atomic mass is 9.88. The van der Waals surface area contributed by atoms with Crippen LogP contribution in [0.1, 0.15) is 59.3 Å². The fourth-order valence-electron chi connectivity index (χ4n) is 2.61. The summed E-state index contributed by atoms with van der Waals surface area (Å²) in [5.41, 5.74) is 0.0763. The van der Waals surface area contributed by atoms with Crippen LogP contribution >= 0.6 is 0 Å². The van der Waals surface area contributed by atoms with Gasteiger partial charge in [-0.15, -0.1) is 0 Å². The molecule has 1 rings (SSSR count). The Morgan fingerprint density at radius 1 is 1.24 bits per heavy atom. The van der Waals surface area contributed by atoms with Crippen molar-refractivity contribution in [1.29, 1.82) is 0 Å². The molecule has 100 valence electrons. The van der Waals surface area contributed by atoms with Crippen molar-refractivity contribution >= 4 is 5.97 Å². The Labute approximate surface area is 105 Å². The zero-order valence-corrected chi connectivity index (χ0v) is 11.5. The van der Waals surface area contributed by atoms with Crippen LogP contribution < -0.4 is 0 Å². The Morgan fingerprint density at radius 2 is 1.82 bits per heavy atom. The van der Waals surface area contributed by atoms with Crippen LogP contribution in [-0.4, -0.2) is 34.6 Å². The van der Waals surface area contributed by atoms with Crippen molar-refractivity contribution in [3.05, 3.63) is 0 Å². The Morgan fingerprint density at radius 3 is 2.29 bits per heavy atom. The van der Waals surface area contributed by atoms with E-state index in [0.717, 1.165) is 12.5 Å². The first-order valence-corrected chi connectivity index (χ1v) is 6.86. The molecule has 0 aromatic heterocycles. The smallest absolute Gasteiger partial charge is 0.304 e. The third-order valence-electron chi connectivity index (χ3n) is 3.75. The summed E-state index contributed by atoms with van der Waals surface area (Å²) >= 11 is 0. The highest BCUT2D eigenvalue weighted by Gasteiger charge is 2.25. The molecule has 1 aliphatic carbocycles. The SMILES string of the molecule is CC(C)(C)N(CCC(=O)O)CC1CCCCC1. The molecule has 3 nitrogen and oxygen atoms in total. The molecular weight excluding hydrogens is 214 g/mol. The van der Waals surface area contributed by atoms with Gasteiger partial charge in [-0.05, 0) is 39.5 Å². The minimum Gasteiger partial charge on any atom is -0.481 e. The van der Waals surface area contributed by atoms with E-state index in [1.54, 1.807) is 0 Å². The number of carbonyl (C=O) groups is 1. The molecule has 0 aromatic rings. The van der Waals surface area contributed by atoms with E-state index in [1.807, 2.05) is 0 Å². The van der Waals surface area contributed by atoms with Gasteiger partial charge in [0.25, 0.3) is 0 Å². The van der Waals surface area contributed by atoms with Crippen molar-refractivity contribution in [1.82, 2.24) is 4.90 Å². The van der Waals surface area contributed by atoms with Crippen molar-refractivity contribution in [2.45, 2.75) is 64.8 Å². The summed E-state index contributed by atoms with van der Waals surface area (Å²) in [5.74, 6) is 0.0830. The molecule has 0 saturated heterocycles. The maximum Gasteiger partial charge on any atom is 0.304 e. The number of hydrogen-bond donors (Lipinski definition) is 1. The van der Waals surface area contributed by atoms with Crippen molar-refractivity contribution in [3.8, 4) is 0 Å². The van der Waals surface area contributed by atoms with Gasteiger partial charge in [-0.25, -0.2) is 0 Å². The third kappa shape index (κ3) is 5.53. The lowest BCUT2D eigenvalue weighted by Crippen LogP contribution is -2.45. The molecule has 0 bridgehead atoms. The maximum atomic E-state index is 10.7. The molecule has 0 spiro atoms. The van der Waals surface area contributed by atoms with Crippen LogP contribution in [0, 0.1) is 5.92 Å². The molecule has 3 heteroatoms. The first-order valence-electron chi connectivity index (χ1n) is 6.86. The van der Waals surface area contributed by atoms with E-state index in [-0.39, 0.29) is 12.0 Å². The molecule has 0 aromatic carbocycles. The average Bonchev–Trinajstić information content (AvgIpc) is 2.23. The van der Waals surface area contributed by atoms with Gasteiger partial charge in [0.05, 0.1) is 6.42 Å². The van der Waals surface area contributed by atoms with Crippen LogP contribution in [0.25, 0.3) is 0 Å². The fraction of sp³-hybridized carbons (Fsp3) is 0.929. The lowest BCUT2D eigenvalue weighted by molar-refractivity contribution is -0.137. The van der Waals surface area contributed by atoms with E-state index in [0.29, 0.717) is 6.54 Å². The minimum atomic E-state index is -0.692. The van der Waals surface area contributed by atoms with Gasteiger partial charge in [-0.1, -0.05) is 19.3 Å². The van der Waals surface area contributed by atoms with Crippen LogP contribution in [0.15, 0.2) is 0 Å². The second kappa shape index (κ2) is 6.39. The largest absolute Gasteiger partial charge is 0.481 e. The number of nitrogens with zero attached hydrogens (tertiary/aromatic N) is 1. The van der Waals surface area contributed by atoms with Crippen LogP contribution in [0.2, 0.25) is 0 Å². The van der Waals surface area contributed by atoms with Gasteiger partial charge in [0.2, 0.25) is 0 Å². The Kier molecular flexibility index (Phi) is 5.44. The topological polar surface area (TPSA) is 40.5 Å². The summed E-state index contributed by atoms with van der Waals surface area (Å²) in [5, 5.41) is 8.81. The van der Waals surface area contributed by atoms with E-state index < -0.39 is 5.97 Å². The summed E-state index contributed by atoms with van der Waals surface area (Å²) in [7, 11) is 0. The zero-order valence-electron chi connectivity index (χ0n) is 11.5. The van der Waals surface area contributed by atoms with Gasteiger partial charge < -0.3 is 5.11 Å². The lowest BCUT2D eigenvalue weighted by Gasteiger charge is -2.38. The highest BCUT2D eigenvalue weighted by Crippen LogP contribution is 2.26. The number of carboxylic acids is 1. The van der Waals surface area contributed by atoms with Crippen LogP contribution in [0.5, 0.6) is 0 Å². The first kappa shape index (κ1) is 14.5. The highest BCUT2D eigenvalue weighted by atomic mass is 16.4. The standard InChI is InChI=1S/C14H27NO2/c1-14(2,3)15(10-9-13(16)17)11-12-7-5-4-6-8-12/h12H,4-11H2,1-3H3,(H,16,17). The van der Waals surface area contributed by atoms with Crippen molar-refractivity contribution in [3.63, 3.8) is 0 Å². The molecule has 17 heavy (non-hydrogen) atoms. The van der Waals surface area contributed by atoms with Crippen molar-refractivity contribution in [2.75, 3.05) is 13.1 Å². The fourth-order valence-corrected chi connectivity index (χ4v) is 2.61. The van der Waals surface area contributed by atoms with E-state index in [2.05, 4.69) is 25.7 Å². The van der Waals surface area contributed by atoms with E-state index in [4.69, 9.17) is 5.11 Å². The molecule has 1 N–H and O–H groups in total. The Balaban J connectivity index is 2.47. The van der Waals surface area contributed by atoms with Crippen LogP contribution in [0.3, 0.4) is 0 Å². The third-order valence-corrected chi connectivity index (χ3v) is 3.75. The monoisotopic (exact) mass is 241 g/mol. The van der Waals surface area contributed by atoms with Crippen molar-refractivity contribution < 1.29 is 9.90 Å². The number of hydrogen-bond acceptors (Lipinski definition) is 2. The summed E-state index contributed by atoms with van der Waals surface area (Å²) < 4.78 is 0. The molecule has 1 saturated carbocycles. The molecular formula is C14H27NO2. The second-order valence-corrected chi connectivity index (χ2v) is 6.26. The van der Waals surface area contributed by atoms with E-state index >= 15 is 0 Å². The van der Waals surface area contributed by atoms with Crippen LogP contribution in [0.4, 0.5) is 0 Å².